The molecule has 0 atom stereocenters. The van der Waals surface area contributed by atoms with Gasteiger partial charge in [-0.2, -0.15) is 5.10 Å². The van der Waals surface area contributed by atoms with E-state index in [1.54, 1.807) is 23.9 Å². The van der Waals surface area contributed by atoms with Gasteiger partial charge < -0.3 is 0 Å². The zero-order valence-corrected chi connectivity index (χ0v) is 9.55. The molecule has 1 aromatic heterocycles. The number of ketones is 1. The Kier molecular flexibility index (Phi) is 3.37. The van der Waals surface area contributed by atoms with E-state index in [1.165, 1.54) is 0 Å². The molecule has 0 aliphatic heterocycles. The van der Waals surface area contributed by atoms with Crippen LogP contribution in [0.1, 0.15) is 23.8 Å². The van der Waals surface area contributed by atoms with Crippen molar-refractivity contribution in [2.24, 2.45) is 0 Å². The average molecular weight is 224 g/mol. The summed E-state index contributed by atoms with van der Waals surface area (Å²) in [7, 11) is 0. The van der Waals surface area contributed by atoms with E-state index < -0.39 is 0 Å². The molecule has 0 saturated carbocycles. The van der Waals surface area contributed by atoms with Gasteiger partial charge in [-0.25, -0.2) is 4.68 Å². The van der Waals surface area contributed by atoms with E-state index in [2.05, 4.69) is 16.9 Å². The lowest BCUT2D eigenvalue weighted by Gasteiger charge is -1.99. The Morgan fingerprint density at radius 1 is 1.29 bits per heavy atom. The van der Waals surface area contributed by atoms with Crippen LogP contribution in [-0.4, -0.2) is 15.6 Å². The summed E-state index contributed by atoms with van der Waals surface area (Å²) in [6, 6.07) is 11.4. The Hall–Kier alpha value is -2.34. The van der Waals surface area contributed by atoms with Crippen molar-refractivity contribution in [3.8, 4) is 17.5 Å². The minimum atomic E-state index is -0.0472. The van der Waals surface area contributed by atoms with Gasteiger partial charge in [-0.05, 0) is 25.1 Å². The molecule has 2 aromatic rings. The molecule has 3 heteroatoms. The fraction of sp³-hybridized carbons (Fsp3) is 0.143. The van der Waals surface area contributed by atoms with Crippen molar-refractivity contribution in [3.05, 3.63) is 48.3 Å². The van der Waals surface area contributed by atoms with E-state index in [0.29, 0.717) is 5.69 Å². The molecule has 0 unspecified atom stereocenters. The molecule has 0 radical (unpaired) electrons. The van der Waals surface area contributed by atoms with E-state index in [1.807, 2.05) is 30.3 Å². The van der Waals surface area contributed by atoms with Gasteiger partial charge in [-0.1, -0.05) is 24.1 Å². The quantitative estimate of drug-likeness (QED) is 0.593. The lowest BCUT2D eigenvalue weighted by Crippen LogP contribution is -2.01. The summed E-state index contributed by atoms with van der Waals surface area (Å²) in [5.41, 5.74) is 1.39. The molecule has 0 spiro atoms. The fourth-order valence-corrected chi connectivity index (χ4v) is 1.46. The van der Waals surface area contributed by atoms with Gasteiger partial charge in [0.05, 0.1) is 12.1 Å². The summed E-state index contributed by atoms with van der Waals surface area (Å²) < 4.78 is 1.69. The van der Waals surface area contributed by atoms with Crippen molar-refractivity contribution in [1.29, 1.82) is 0 Å². The van der Waals surface area contributed by atoms with Crippen LogP contribution in [-0.2, 0) is 0 Å². The second-order valence-corrected chi connectivity index (χ2v) is 3.51. The fourth-order valence-electron chi connectivity index (χ4n) is 1.46. The summed E-state index contributed by atoms with van der Waals surface area (Å²) in [5.74, 6) is 5.40. The second-order valence-electron chi connectivity index (χ2n) is 3.51. The third-order valence-electron chi connectivity index (χ3n) is 2.32. The number of hydrogen-bond acceptors (Lipinski definition) is 2. The average Bonchev–Trinajstić information content (AvgIpc) is 2.86. The van der Waals surface area contributed by atoms with Crippen LogP contribution in [0.5, 0.6) is 0 Å². The summed E-state index contributed by atoms with van der Waals surface area (Å²) in [4.78, 5) is 11.7. The number of Topliss-reactive ketones (excluding diaryl/α,β-unsaturated/α-hetero) is 1. The predicted molar refractivity (Wildman–Crippen MR) is 66.0 cm³/mol. The van der Waals surface area contributed by atoms with Crippen molar-refractivity contribution in [1.82, 2.24) is 9.78 Å². The van der Waals surface area contributed by atoms with E-state index in [4.69, 9.17) is 0 Å². The number of carbonyl (C=O) groups is 1. The molecule has 0 amide bonds. The molecule has 0 saturated heterocycles. The van der Waals surface area contributed by atoms with Crippen LogP contribution in [0.25, 0.3) is 5.69 Å². The van der Waals surface area contributed by atoms with Crippen molar-refractivity contribution in [2.45, 2.75) is 13.3 Å². The number of nitrogens with zero attached hydrogens (tertiary/aromatic N) is 2. The highest BCUT2D eigenvalue weighted by atomic mass is 16.1. The maximum atomic E-state index is 11.7. The lowest BCUT2D eigenvalue weighted by atomic mass is 10.2. The Bertz CT molecular complexity index is 573. The smallest absolute Gasteiger partial charge is 0.194 e. The van der Waals surface area contributed by atoms with Gasteiger partial charge in [0.1, 0.15) is 5.69 Å². The number of rotatable bonds is 3. The van der Waals surface area contributed by atoms with Crippen molar-refractivity contribution >= 4 is 5.78 Å². The monoisotopic (exact) mass is 224 g/mol. The summed E-state index contributed by atoms with van der Waals surface area (Å²) in [6.07, 6.45) is 2.00. The predicted octanol–water partition coefficient (Wildman–Crippen LogP) is 2.47. The zero-order valence-electron chi connectivity index (χ0n) is 9.55. The Morgan fingerprint density at radius 2 is 2.06 bits per heavy atom. The molecule has 1 heterocycles. The maximum Gasteiger partial charge on any atom is 0.194 e. The number of carbonyl (C=O) groups excluding carboxylic acids is 1. The van der Waals surface area contributed by atoms with Gasteiger partial charge in [0.15, 0.2) is 5.78 Å². The van der Waals surface area contributed by atoms with Gasteiger partial charge in [-0.15, -0.1) is 5.92 Å². The Labute approximate surface area is 100 Å². The third kappa shape index (κ3) is 2.61. The molecule has 1 aromatic carbocycles. The molecular weight excluding hydrogens is 212 g/mol. The first kappa shape index (κ1) is 11.2. The number of para-hydroxylation sites is 1. The number of benzene rings is 1. The Balaban J connectivity index is 2.21. The van der Waals surface area contributed by atoms with Crippen molar-refractivity contribution in [3.63, 3.8) is 0 Å². The van der Waals surface area contributed by atoms with Crippen LogP contribution in [0, 0.1) is 11.8 Å². The Morgan fingerprint density at radius 3 is 2.76 bits per heavy atom. The lowest BCUT2D eigenvalue weighted by molar-refractivity contribution is 0.0993. The largest absolute Gasteiger partial charge is 0.291 e. The van der Waals surface area contributed by atoms with Gasteiger partial charge in [0, 0.05) is 6.20 Å². The highest BCUT2D eigenvalue weighted by molar-refractivity contribution is 5.95. The highest BCUT2D eigenvalue weighted by Crippen LogP contribution is 2.07. The van der Waals surface area contributed by atoms with E-state index in [9.17, 15) is 4.79 Å². The number of aromatic nitrogens is 2. The molecule has 84 valence electrons. The van der Waals surface area contributed by atoms with Crippen molar-refractivity contribution < 1.29 is 4.79 Å². The first-order valence-electron chi connectivity index (χ1n) is 5.35. The van der Waals surface area contributed by atoms with Crippen LogP contribution in [0.15, 0.2) is 42.6 Å². The summed E-state index contributed by atoms with van der Waals surface area (Å²) >= 11 is 0. The first-order valence-corrected chi connectivity index (χ1v) is 5.35. The number of hydrogen-bond donors (Lipinski definition) is 0. The normalized spacial score (nSPS) is 9.47. The first-order chi connectivity index (χ1) is 8.31. The standard InChI is InChI=1S/C14H12N2O/c1-2-3-9-14(17)13-10-11-16(15-13)12-7-5-4-6-8-12/h4-8,10-11H,9H2,1H3. The molecule has 0 aliphatic rings. The minimum Gasteiger partial charge on any atom is -0.291 e. The van der Waals surface area contributed by atoms with Crippen LogP contribution in [0.2, 0.25) is 0 Å². The molecule has 0 bridgehead atoms. The van der Waals surface area contributed by atoms with Gasteiger partial charge >= 0.3 is 0 Å². The van der Waals surface area contributed by atoms with E-state index >= 15 is 0 Å². The third-order valence-corrected chi connectivity index (χ3v) is 2.32. The van der Waals surface area contributed by atoms with Gasteiger partial charge in [0.2, 0.25) is 0 Å². The van der Waals surface area contributed by atoms with E-state index in [0.717, 1.165) is 5.69 Å². The molecule has 2 rings (SSSR count). The molecular formula is C14H12N2O. The second kappa shape index (κ2) is 5.13. The molecule has 0 N–H and O–H groups in total. The van der Waals surface area contributed by atoms with Crippen LogP contribution in [0.4, 0.5) is 0 Å². The van der Waals surface area contributed by atoms with Crippen LogP contribution < -0.4 is 0 Å². The minimum absolute atomic E-state index is 0.0472. The molecule has 0 aliphatic carbocycles. The SMILES string of the molecule is CC#CCC(=O)c1ccn(-c2ccccc2)n1. The van der Waals surface area contributed by atoms with Gasteiger partial charge in [-0.3, -0.25) is 4.79 Å². The highest BCUT2D eigenvalue weighted by Gasteiger charge is 2.08. The molecule has 17 heavy (non-hydrogen) atoms. The topological polar surface area (TPSA) is 34.9 Å². The summed E-state index contributed by atoms with van der Waals surface area (Å²) in [6.45, 7) is 1.72. The molecule has 3 nitrogen and oxygen atoms in total. The maximum absolute atomic E-state index is 11.7. The van der Waals surface area contributed by atoms with Crippen molar-refractivity contribution in [2.75, 3.05) is 0 Å². The molecule has 0 fully saturated rings. The summed E-state index contributed by atoms with van der Waals surface area (Å²) in [5, 5.41) is 4.23. The van der Waals surface area contributed by atoms with Crippen LogP contribution >= 0.6 is 0 Å². The van der Waals surface area contributed by atoms with E-state index in [-0.39, 0.29) is 12.2 Å². The zero-order chi connectivity index (χ0) is 12.1. The van der Waals surface area contributed by atoms with Crippen LogP contribution in [0.3, 0.4) is 0 Å². The van der Waals surface area contributed by atoms with Gasteiger partial charge in [0.25, 0.3) is 0 Å².